The Hall–Kier alpha value is -2.51. The predicted octanol–water partition coefficient (Wildman–Crippen LogP) is 3.16. The largest absolute Gasteiger partial charge is 0.497 e. The number of anilines is 1. The van der Waals surface area contributed by atoms with Crippen LogP contribution in [0.4, 0.5) is 5.69 Å². The molecule has 7 heteroatoms. The van der Waals surface area contributed by atoms with Crippen LogP contribution in [-0.2, 0) is 29.4 Å². The lowest BCUT2D eigenvalue weighted by molar-refractivity contribution is 0.414. The minimum atomic E-state index is -3.30. The van der Waals surface area contributed by atoms with E-state index in [1.807, 2.05) is 24.3 Å². The average Bonchev–Trinajstić information content (AvgIpc) is 2.98. The molecule has 0 radical (unpaired) electrons. The second-order valence-corrected chi connectivity index (χ2v) is 8.69. The van der Waals surface area contributed by atoms with Gasteiger partial charge in [0, 0.05) is 29.3 Å². The van der Waals surface area contributed by atoms with E-state index >= 15 is 0 Å². The zero-order valence-electron chi connectivity index (χ0n) is 16.3. The molecule has 0 atom stereocenters. The molecule has 0 aliphatic heterocycles. The Balaban J connectivity index is 1.78. The summed E-state index contributed by atoms with van der Waals surface area (Å²) in [5.74, 6) is 0.866. The van der Waals surface area contributed by atoms with E-state index in [1.165, 1.54) is 5.56 Å². The first-order chi connectivity index (χ1) is 13.4. The summed E-state index contributed by atoms with van der Waals surface area (Å²) in [6.45, 7) is 1.43. The first-order valence-corrected chi connectivity index (χ1v) is 11.2. The zero-order valence-corrected chi connectivity index (χ0v) is 17.1. The molecule has 3 N–H and O–H groups in total. The van der Waals surface area contributed by atoms with Gasteiger partial charge in [-0.3, -0.25) is 4.72 Å². The summed E-state index contributed by atoms with van der Waals surface area (Å²) >= 11 is 0. The Labute approximate surface area is 166 Å². The molecule has 0 unspecified atom stereocenters. The summed E-state index contributed by atoms with van der Waals surface area (Å²) in [4.78, 5) is 0. The van der Waals surface area contributed by atoms with E-state index in [9.17, 15) is 8.42 Å². The van der Waals surface area contributed by atoms with Gasteiger partial charge in [-0.15, -0.1) is 0 Å². The number of sulfonamides is 1. The van der Waals surface area contributed by atoms with Crippen LogP contribution >= 0.6 is 0 Å². The quantitative estimate of drug-likeness (QED) is 0.577. The highest BCUT2D eigenvalue weighted by molar-refractivity contribution is 7.92. The summed E-state index contributed by atoms with van der Waals surface area (Å²) < 4.78 is 33.0. The molecule has 0 amide bonds. The Morgan fingerprint density at radius 3 is 2.50 bits per heavy atom. The van der Waals surface area contributed by atoms with Gasteiger partial charge in [0.1, 0.15) is 5.75 Å². The highest BCUT2D eigenvalue weighted by Crippen LogP contribution is 2.26. The van der Waals surface area contributed by atoms with Crippen LogP contribution in [-0.4, -0.2) is 32.9 Å². The maximum Gasteiger partial charge on any atom is 0.229 e. The molecule has 1 heterocycles. The fourth-order valence-electron chi connectivity index (χ4n) is 3.43. The van der Waals surface area contributed by atoms with E-state index in [2.05, 4.69) is 27.6 Å². The molecule has 2 aromatic carbocycles. The minimum absolute atomic E-state index is 0.550. The summed E-state index contributed by atoms with van der Waals surface area (Å²) in [7, 11) is -1.64. The van der Waals surface area contributed by atoms with Crippen molar-refractivity contribution < 1.29 is 13.2 Å². The lowest BCUT2D eigenvalue weighted by atomic mass is 10.1. The van der Waals surface area contributed by atoms with E-state index < -0.39 is 10.0 Å². The molecule has 0 spiro atoms. The fraction of sp³-hybridized carbons (Fsp3) is 0.333. The Bertz CT molecular complexity index is 1040. The van der Waals surface area contributed by atoms with Gasteiger partial charge in [0.15, 0.2) is 0 Å². The Morgan fingerprint density at radius 2 is 1.86 bits per heavy atom. The standard InChI is InChI=1S/C21H27N3O3S/c1-27-19-8-5-16(6-9-19)4-3-13-24-15-17(11-12-22)20-14-18(7-10-21(20)24)23-28(2,25)26/h5-10,14-15,23H,3-4,11-13,22H2,1-2H3. The van der Waals surface area contributed by atoms with Crippen molar-refractivity contribution in [2.75, 3.05) is 24.6 Å². The topological polar surface area (TPSA) is 86.3 Å². The molecular weight excluding hydrogens is 374 g/mol. The van der Waals surface area contributed by atoms with Gasteiger partial charge >= 0.3 is 0 Å². The fourth-order valence-corrected chi connectivity index (χ4v) is 3.99. The molecule has 3 rings (SSSR count). The zero-order chi connectivity index (χ0) is 20.1. The molecule has 0 aliphatic rings. The van der Waals surface area contributed by atoms with Crippen LogP contribution in [0, 0.1) is 0 Å². The molecule has 0 aliphatic carbocycles. The second kappa shape index (κ2) is 8.67. The van der Waals surface area contributed by atoms with Gasteiger partial charge in [0.2, 0.25) is 10.0 Å². The molecule has 0 saturated carbocycles. The molecule has 0 bridgehead atoms. The predicted molar refractivity (Wildman–Crippen MR) is 114 cm³/mol. The third-order valence-electron chi connectivity index (χ3n) is 4.70. The number of nitrogens with two attached hydrogens (primary N) is 1. The lowest BCUT2D eigenvalue weighted by Crippen LogP contribution is -2.09. The second-order valence-electron chi connectivity index (χ2n) is 6.94. The van der Waals surface area contributed by atoms with Crippen molar-refractivity contribution in [1.29, 1.82) is 0 Å². The third kappa shape index (κ3) is 5.05. The van der Waals surface area contributed by atoms with Gasteiger partial charge < -0.3 is 15.0 Å². The van der Waals surface area contributed by atoms with Crippen LogP contribution in [0.5, 0.6) is 5.75 Å². The molecule has 3 aromatic rings. The number of ether oxygens (including phenoxy) is 1. The first kappa shape index (κ1) is 20.2. The number of fused-ring (bicyclic) bond motifs is 1. The number of benzene rings is 2. The van der Waals surface area contributed by atoms with Crippen molar-refractivity contribution in [2.45, 2.75) is 25.8 Å². The van der Waals surface area contributed by atoms with Gasteiger partial charge in [0.05, 0.1) is 13.4 Å². The monoisotopic (exact) mass is 401 g/mol. The van der Waals surface area contributed by atoms with Gasteiger partial charge in [-0.05, 0) is 67.3 Å². The van der Waals surface area contributed by atoms with Crippen molar-refractivity contribution in [2.24, 2.45) is 5.73 Å². The molecule has 0 fully saturated rings. The van der Waals surface area contributed by atoms with Crippen LogP contribution in [0.3, 0.4) is 0 Å². The average molecular weight is 402 g/mol. The summed E-state index contributed by atoms with van der Waals surface area (Å²) in [5.41, 5.74) is 9.85. The van der Waals surface area contributed by atoms with Gasteiger partial charge in [-0.1, -0.05) is 12.1 Å². The number of methoxy groups -OCH3 is 1. The van der Waals surface area contributed by atoms with Gasteiger partial charge in [-0.25, -0.2) is 8.42 Å². The third-order valence-corrected chi connectivity index (χ3v) is 5.31. The van der Waals surface area contributed by atoms with Crippen LogP contribution in [0.2, 0.25) is 0 Å². The van der Waals surface area contributed by atoms with Crippen molar-refractivity contribution in [3.8, 4) is 5.75 Å². The number of aromatic nitrogens is 1. The minimum Gasteiger partial charge on any atom is -0.497 e. The number of hydrogen-bond donors (Lipinski definition) is 2. The van der Waals surface area contributed by atoms with Crippen molar-refractivity contribution in [3.63, 3.8) is 0 Å². The molecule has 28 heavy (non-hydrogen) atoms. The number of aryl methyl sites for hydroxylation is 2. The molecule has 150 valence electrons. The smallest absolute Gasteiger partial charge is 0.229 e. The molecule has 0 saturated heterocycles. The molecule has 1 aromatic heterocycles. The highest BCUT2D eigenvalue weighted by atomic mass is 32.2. The lowest BCUT2D eigenvalue weighted by Gasteiger charge is -2.08. The summed E-state index contributed by atoms with van der Waals surface area (Å²) in [5, 5.41) is 1.04. The first-order valence-electron chi connectivity index (χ1n) is 9.32. The molecular formula is C21H27N3O3S. The van der Waals surface area contributed by atoms with Crippen LogP contribution in [0.15, 0.2) is 48.7 Å². The maximum atomic E-state index is 11.5. The highest BCUT2D eigenvalue weighted by Gasteiger charge is 2.11. The van der Waals surface area contributed by atoms with E-state index in [0.29, 0.717) is 12.2 Å². The Kier molecular flexibility index (Phi) is 6.26. The van der Waals surface area contributed by atoms with Crippen LogP contribution in [0.25, 0.3) is 10.9 Å². The van der Waals surface area contributed by atoms with Crippen LogP contribution in [0.1, 0.15) is 17.5 Å². The maximum absolute atomic E-state index is 11.5. The number of rotatable bonds is 9. The normalized spacial score (nSPS) is 11.7. The Morgan fingerprint density at radius 1 is 1.11 bits per heavy atom. The van der Waals surface area contributed by atoms with E-state index in [0.717, 1.165) is 54.3 Å². The van der Waals surface area contributed by atoms with Crippen molar-refractivity contribution >= 4 is 26.6 Å². The van der Waals surface area contributed by atoms with Gasteiger partial charge in [-0.2, -0.15) is 0 Å². The summed E-state index contributed by atoms with van der Waals surface area (Å²) in [6, 6.07) is 13.8. The van der Waals surface area contributed by atoms with E-state index in [-0.39, 0.29) is 0 Å². The number of nitrogens with one attached hydrogen (secondary N) is 1. The van der Waals surface area contributed by atoms with Crippen LogP contribution < -0.4 is 15.2 Å². The van der Waals surface area contributed by atoms with Crippen molar-refractivity contribution in [1.82, 2.24) is 4.57 Å². The van der Waals surface area contributed by atoms with E-state index in [4.69, 9.17) is 10.5 Å². The number of hydrogen-bond acceptors (Lipinski definition) is 4. The van der Waals surface area contributed by atoms with Crippen molar-refractivity contribution in [3.05, 3.63) is 59.8 Å². The van der Waals surface area contributed by atoms with E-state index in [1.54, 1.807) is 13.2 Å². The summed E-state index contributed by atoms with van der Waals surface area (Å²) in [6.07, 6.45) is 6.02. The molecule has 6 nitrogen and oxygen atoms in total. The SMILES string of the molecule is COc1ccc(CCCn2cc(CCN)c3cc(NS(C)(=O)=O)ccc32)cc1. The van der Waals surface area contributed by atoms with Gasteiger partial charge in [0.25, 0.3) is 0 Å². The number of nitrogens with zero attached hydrogens (tertiary/aromatic N) is 1.